The number of nitrogens with zero attached hydrogens (tertiary/aromatic N) is 1. The Bertz CT molecular complexity index is 502. The highest BCUT2D eigenvalue weighted by Crippen LogP contribution is 2.37. The second-order valence-electron chi connectivity index (χ2n) is 3.31. The number of nitrogens with two attached hydrogens (primary N) is 1. The number of benzene rings is 1. The summed E-state index contributed by atoms with van der Waals surface area (Å²) in [6, 6.07) is 5.44. The molecule has 0 unspecified atom stereocenters. The van der Waals surface area contributed by atoms with E-state index in [1.165, 1.54) is 0 Å². The summed E-state index contributed by atoms with van der Waals surface area (Å²) in [4.78, 5) is 5.52. The molecule has 0 spiro atoms. The molecule has 84 valence electrons. The molecule has 1 aromatic carbocycles. The summed E-state index contributed by atoms with van der Waals surface area (Å²) < 4.78 is 0. The molecule has 0 atom stereocenters. The van der Waals surface area contributed by atoms with Crippen molar-refractivity contribution in [3.8, 4) is 11.3 Å². The first-order valence-corrected chi connectivity index (χ1v) is 6.31. The summed E-state index contributed by atoms with van der Waals surface area (Å²) in [5, 5.41) is 2.12. The molecule has 2 nitrogen and oxygen atoms in total. The molecule has 0 bridgehead atoms. The van der Waals surface area contributed by atoms with Crippen molar-refractivity contribution in [2.24, 2.45) is 5.73 Å². The first-order chi connectivity index (χ1) is 7.63. The van der Waals surface area contributed by atoms with Crippen molar-refractivity contribution < 1.29 is 0 Å². The topological polar surface area (TPSA) is 38.9 Å². The van der Waals surface area contributed by atoms with Crippen LogP contribution in [0.4, 0.5) is 0 Å². The highest BCUT2D eigenvalue weighted by molar-refractivity contribution is 7.12. The van der Waals surface area contributed by atoms with Crippen LogP contribution in [0.15, 0.2) is 18.2 Å². The molecule has 1 heterocycles. The standard InChI is InChI=1S/C11H10Cl2N2S/c1-6-11(15-9(5-14)16-6)10-7(12)3-2-4-8(10)13/h2-4H,5,14H2,1H3. The molecular weight excluding hydrogens is 263 g/mol. The van der Waals surface area contributed by atoms with Crippen molar-refractivity contribution in [1.82, 2.24) is 4.98 Å². The van der Waals surface area contributed by atoms with E-state index in [2.05, 4.69) is 4.98 Å². The monoisotopic (exact) mass is 272 g/mol. The number of hydrogen-bond acceptors (Lipinski definition) is 3. The number of thiazole rings is 1. The highest BCUT2D eigenvalue weighted by atomic mass is 35.5. The summed E-state index contributed by atoms with van der Waals surface area (Å²) in [5.41, 5.74) is 7.19. The Labute approximate surface area is 108 Å². The fourth-order valence-electron chi connectivity index (χ4n) is 1.49. The smallest absolute Gasteiger partial charge is 0.107 e. The van der Waals surface area contributed by atoms with Crippen LogP contribution < -0.4 is 5.73 Å². The average molecular weight is 273 g/mol. The largest absolute Gasteiger partial charge is 0.325 e. The second kappa shape index (κ2) is 4.72. The summed E-state index contributed by atoms with van der Waals surface area (Å²) in [6.45, 7) is 2.43. The van der Waals surface area contributed by atoms with Gasteiger partial charge in [0.15, 0.2) is 0 Å². The van der Waals surface area contributed by atoms with Gasteiger partial charge in [0.1, 0.15) is 5.01 Å². The Morgan fingerprint density at radius 2 is 1.94 bits per heavy atom. The molecule has 0 aliphatic rings. The van der Waals surface area contributed by atoms with Crippen molar-refractivity contribution >= 4 is 34.5 Å². The summed E-state index contributed by atoms with van der Waals surface area (Å²) in [6.07, 6.45) is 0. The van der Waals surface area contributed by atoms with Crippen LogP contribution in [0, 0.1) is 6.92 Å². The second-order valence-corrected chi connectivity index (χ2v) is 5.42. The Kier molecular flexibility index (Phi) is 3.50. The van der Waals surface area contributed by atoms with Crippen molar-refractivity contribution in [2.75, 3.05) is 0 Å². The number of aryl methyl sites for hydroxylation is 1. The molecule has 2 N–H and O–H groups in total. The summed E-state index contributed by atoms with van der Waals surface area (Å²) in [5.74, 6) is 0. The molecule has 2 aromatic rings. The van der Waals surface area contributed by atoms with E-state index in [0.29, 0.717) is 16.6 Å². The van der Waals surface area contributed by atoms with Crippen LogP contribution in [0.2, 0.25) is 10.0 Å². The third-order valence-corrected chi connectivity index (χ3v) is 3.84. The van der Waals surface area contributed by atoms with E-state index in [4.69, 9.17) is 28.9 Å². The number of hydrogen-bond donors (Lipinski definition) is 1. The number of rotatable bonds is 2. The summed E-state index contributed by atoms with van der Waals surface area (Å²) >= 11 is 13.8. The van der Waals surface area contributed by atoms with Crippen LogP contribution in [0.1, 0.15) is 9.88 Å². The van der Waals surface area contributed by atoms with Gasteiger partial charge in [0.25, 0.3) is 0 Å². The van der Waals surface area contributed by atoms with Crippen LogP contribution in [-0.4, -0.2) is 4.98 Å². The van der Waals surface area contributed by atoms with E-state index in [9.17, 15) is 0 Å². The van der Waals surface area contributed by atoms with Gasteiger partial charge in [-0.05, 0) is 19.1 Å². The van der Waals surface area contributed by atoms with Crippen LogP contribution in [0.25, 0.3) is 11.3 Å². The van der Waals surface area contributed by atoms with Gasteiger partial charge in [-0.3, -0.25) is 0 Å². The van der Waals surface area contributed by atoms with Gasteiger partial charge < -0.3 is 5.73 Å². The van der Waals surface area contributed by atoms with Gasteiger partial charge >= 0.3 is 0 Å². The van der Waals surface area contributed by atoms with Crippen LogP contribution >= 0.6 is 34.5 Å². The van der Waals surface area contributed by atoms with Gasteiger partial charge in [0.05, 0.1) is 15.7 Å². The molecule has 5 heteroatoms. The molecule has 16 heavy (non-hydrogen) atoms. The maximum absolute atomic E-state index is 6.14. The first-order valence-electron chi connectivity index (χ1n) is 4.74. The average Bonchev–Trinajstić information content (AvgIpc) is 2.60. The van der Waals surface area contributed by atoms with E-state index < -0.39 is 0 Å². The zero-order valence-corrected chi connectivity index (χ0v) is 11.0. The molecular formula is C11H10Cl2N2S. The lowest BCUT2D eigenvalue weighted by Gasteiger charge is -2.04. The van der Waals surface area contributed by atoms with Crippen LogP contribution in [0.3, 0.4) is 0 Å². The normalized spacial score (nSPS) is 10.8. The predicted molar refractivity (Wildman–Crippen MR) is 70.2 cm³/mol. The van der Waals surface area contributed by atoms with Crippen molar-refractivity contribution in [2.45, 2.75) is 13.5 Å². The zero-order valence-electron chi connectivity index (χ0n) is 8.63. The van der Waals surface area contributed by atoms with Crippen LogP contribution in [0.5, 0.6) is 0 Å². The van der Waals surface area contributed by atoms with Gasteiger partial charge in [-0.25, -0.2) is 4.98 Å². The minimum Gasteiger partial charge on any atom is -0.325 e. The lowest BCUT2D eigenvalue weighted by atomic mass is 10.1. The maximum atomic E-state index is 6.14. The lowest BCUT2D eigenvalue weighted by molar-refractivity contribution is 1.04. The third kappa shape index (κ3) is 2.09. The van der Waals surface area contributed by atoms with Crippen molar-refractivity contribution in [1.29, 1.82) is 0 Å². The molecule has 1 aromatic heterocycles. The lowest BCUT2D eigenvalue weighted by Crippen LogP contribution is -1.94. The minimum atomic E-state index is 0.438. The van der Waals surface area contributed by atoms with Crippen molar-refractivity contribution in [3.63, 3.8) is 0 Å². The zero-order chi connectivity index (χ0) is 11.7. The van der Waals surface area contributed by atoms with Gasteiger partial charge in [-0.2, -0.15) is 0 Å². The molecule has 0 saturated heterocycles. The molecule has 0 amide bonds. The molecule has 2 rings (SSSR count). The third-order valence-electron chi connectivity index (χ3n) is 2.22. The molecule has 0 aliphatic heterocycles. The number of aromatic nitrogens is 1. The minimum absolute atomic E-state index is 0.438. The molecule has 0 fully saturated rings. The SMILES string of the molecule is Cc1sc(CN)nc1-c1c(Cl)cccc1Cl. The van der Waals surface area contributed by atoms with Crippen molar-refractivity contribution in [3.05, 3.63) is 38.1 Å². The van der Waals surface area contributed by atoms with Gasteiger partial charge in [-0.1, -0.05) is 29.3 Å². The van der Waals surface area contributed by atoms with Gasteiger partial charge in [-0.15, -0.1) is 11.3 Å². The quantitative estimate of drug-likeness (QED) is 0.901. The fourth-order valence-corrected chi connectivity index (χ4v) is 2.89. The highest BCUT2D eigenvalue weighted by Gasteiger charge is 2.14. The van der Waals surface area contributed by atoms with E-state index in [-0.39, 0.29) is 0 Å². The maximum Gasteiger partial charge on any atom is 0.107 e. The molecule has 0 radical (unpaired) electrons. The summed E-state index contributed by atoms with van der Waals surface area (Å²) in [7, 11) is 0. The number of halogens is 2. The Balaban J connectivity index is 2.62. The van der Waals surface area contributed by atoms with E-state index >= 15 is 0 Å². The Hall–Kier alpha value is -0.610. The predicted octanol–water partition coefficient (Wildman–Crippen LogP) is 3.88. The fraction of sp³-hybridized carbons (Fsp3) is 0.182. The molecule has 0 aliphatic carbocycles. The van der Waals surface area contributed by atoms with Crippen LogP contribution in [-0.2, 0) is 6.54 Å². The van der Waals surface area contributed by atoms with Gasteiger partial charge in [0.2, 0.25) is 0 Å². The first kappa shape index (κ1) is 11.9. The Morgan fingerprint density at radius 1 is 1.31 bits per heavy atom. The Morgan fingerprint density at radius 3 is 2.44 bits per heavy atom. The van der Waals surface area contributed by atoms with Gasteiger partial charge in [0, 0.05) is 17.0 Å². The van der Waals surface area contributed by atoms with E-state index in [1.807, 2.05) is 25.1 Å². The molecule has 0 saturated carbocycles. The van der Waals surface area contributed by atoms with E-state index in [0.717, 1.165) is 21.1 Å². The van der Waals surface area contributed by atoms with E-state index in [1.54, 1.807) is 11.3 Å².